The van der Waals surface area contributed by atoms with E-state index in [-0.39, 0.29) is 0 Å². The van der Waals surface area contributed by atoms with Crippen LogP contribution >= 0.6 is 0 Å². The highest BCUT2D eigenvalue weighted by Crippen LogP contribution is 2.29. The molecule has 0 spiro atoms. The van der Waals surface area contributed by atoms with Crippen LogP contribution in [0.4, 0.5) is 0 Å². The highest BCUT2D eigenvalue weighted by molar-refractivity contribution is 5.88. The Bertz CT molecular complexity index is 581. The van der Waals surface area contributed by atoms with Crippen molar-refractivity contribution in [2.75, 3.05) is 7.11 Å². The topological polar surface area (TPSA) is 33.0 Å². The second kappa shape index (κ2) is 4.88. The molecule has 2 nitrogen and oxygen atoms in total. The fourth-order valence-corrected chi connectivity index (χ4v) is 2.10. The van der Waals surface area contributed by atoms with Crippen molar-refractivity contribution in [2.24, 2.45) is 0 Å². The van der Waals surface area contributed by atoms with E-state index in [1.165, 1.54) is 10.9 Å². The molecule has 0 unspecified atom stereocenters. The van der Waals surface area contributed by atoms with Crippen molar-refractivity contribution in [1.82, 2.24) is 0 Å². The lowest BCUT2D eigenvalue weighted by atomic mass is 9.99. The van der Waals surface area contributed by atoms with Gasteiger partial charge in [0.1, 0.15) is 5.75 Å². The van der Waals surface area contributed by atoms with Gasteiger partial charge in [0.2, 0.25) is 0 Å². The predicted octanol–water partition coefficient (Wildman–Crippen LogP) is 3.48. The van der Waals surface area contributed by atoms with Crippen LogP contribution in [-0.2, 0) is 12.8 Å². The maximum Gasteiger partial charge on any atom is 0.123 e. The van der Waals surface area contributed by atoms with Crippen molar-refractivity contribution in [3.8, 4) is 11.8 Å². The van der Waals surface area contributed by atoms with Gasteiger partial charge in [0.15, 0.2) is 0 Å². The molecule has 0 amide bonds. The number of rotatable bonds is 3. The van der Waals surface area contributed by atoms with E-state index >= 15 is 0 Å². The number of hydrogen-bond donors (Lipinski definition) is 0. The van der Waals surface area contributed by atoms with E-state index in [9.17, 15) is 0 Å². The Morgan fingerprint density at radius 3 is 2.71 bits per heavy atom. The van der Waals surface area contributed by atoms with Gasteiger partial charge in [-0.15, -0.1) is 0 Å². The number of nitriles is 1. The molecule has 0 bridgehead atoms. The molecule has 0 aliphatic heterocycles. The van der Waals surface area contributed by atoms with Gasteiger partial charge in [0.25, 0.3) is 0 Å². The standard InChI is InChI=1S/C15H15NO/c1-3-11-4-6-13-12(10-11)5-7-15(17-2)14(13)8-9-16/h4-7,10H,3,8H2,1-2H3. The Labute approximate surface area is 101 Å². The minimum atomic E-state index is 0.381. The van der Waals surface area contributed by atoms with E-state index in [2.05, 4.69) is 31.2 Å². The summed E-state index contributed by atoms with van der Waals surface area (Å²) in [6.45, 7) is 2.14. The summed E-state index contributed by atoms with van der Waals surface area (Å²) in [6, 6.07) is 12.6. The van der Waals surface area contributed by atoms with Crippen LogP contribution in [0.15, 0.2) is 30.3 Å². The van der Waals surface area contributed by atoms with Gasteiger partial charge in [0, 0.05) is 5.56 Å². The highest BCUT2D eigenvalue weighted by Gasteiger charge is 2.08. The SMILES string of the molecule is CCc1ccc2c(CC#N)c(OC)ccc2c1. The summed E-state index contributed by atoms with van der Waals surface area (Å²) in [5.74, 6) is 0.795. The largest absolute Gasteiger partial charge is 0.496 e. The lowest BCUT2D eigenvalue weighted by Crippen LogP contribution is -1.93. The third-order valence-corrected chi connectivity index (χ3v) is 3.04. The highest BCUT2D eigenvalue weighted by atomic mass is 16.5. The van der Waals surface area contributed by atoms with E-state index in [1.54, 1.807) is 7.11 Å². The average molecular weight is 225 g/mol. The number of hydrogen-bond acceptors (Lipinski definition) is 2. The second-order valence-corrected chi connectivity index (χ2v) is 3.99. The average Bonchev–Trinajstić information content (AvgIpc) is 2.38. The first-order valence-electron chi connectivity index (χ1n) is 5.75. The summed E-state index contributed by atoms with van der Waals surface area (Å²) >= 11 is 0. The van der Waals surface area contributed by atoms with Crippen LogP contribution in [0, 0.1) is 11.3 Å². The maximum absolute atomic E-state index is 8.89. The zero-order chi connectivity index (χ0) is 12.3. The van der Waals surface area contributed by atoms with Gasteiger partial charge < -0.3 is 4.74 Å². The van der Waals surface area contributed by atoms with Crippen molar-refractivity contribution in [1.29, 1.82) is 5.26 Å². The van der Waals surface area contributed by atoms with Crippen LogP contribution in [0.2, 0.25) is 0 Å². The lowest BCUT2D eigenvalue weighted by Gasteiger charge is -2.10. The summed E-state index contributed by atoms with van der Waals surface area (Å²) in [5, 5.41) is 11.2. The molecule has 2 heteroatoms. The van der Waals surface area contributed by atoms with Crippen LogP contribution in [0.5, 0.6) is 5.75 Å². The molecule has 0 radical (unpaired) electrons. The van der Waals surface area contributed by atoms with Crippen molar-refractivity contribution in [2.45, 2.75) is 19.8 Å². The van der Waals surface area contributed by atoms with Gasteiger partial charge in [-0.2, -0.15) is 5.26 Å². The summed E-state index contributed by atoms with van der Waals surface area (Å²) in [6.07, 6.45) is 1.40. The molecule has 0 atom stereocenters. The number of ether oxygens (including phenoxy) is 1. The summed E-state index contributed by atoms with van der Waals surface area (Å²) in [5.41, 5.74) is 2.29. The molecular formula is C15H15NO. The molecule has 0 aliphatic carbocycles. The van der Waals surface area contributed by atoms with Crippen molar-refractivity contribution in [3.63, 3.8) is 0 Å². The third kappa shape index (κ3) is 2.09. The monoisotopic (exact) mass is 225 g/mol. The van der Waals surface area contributed by atoms with Crippen molar-refractivity contribution in [3.05, 3.63) is 41.5 Å². The van der Waals surface area contributed by atoms with E-state index in [0.29, 0.717) is 6.42 Å². The third-order valence-electron chi connectivity index (χ3n) is 3.04. The van der Waals surface area contributed by atoms with E-state index in [1.807, 2.05) is 12.1 Å². The first-order valence-corrected chi connectivity index (χ1v) is 5.75. The smallest absolute Gasteiger partial charge is 0.123 e. The second-order valence-electron chi connectivity index (χ2n) is 3.99. The fraction of sp³-hybridized carbons (Fsp3) is 0.267. The van der Waals surface area contributed by atoms with Gasteiger partial charge in [-0.05, 0) is 28.8 Å². The number of fused-ring (bicyclic) bond motifs is 1. The molecule has 0 heterocycles. The van der Waals surface area contributed by atoms with Crippen molar-refractivity contribution >= 4 is 10.8 Å². The number of methoxy groups -OCH3 is 1. The molecule has 0 aliphatic rings. The molecule has 0 aromatic heterocycles. The molecule has 2 rings (SSSR count). The van der Waals surface area contributed by atoms with E-state index in [0.717, 1.165) is 23.1 Å². The van der Waals surface area contributed by atoms with Gasteiger partial charge in [-0.1, -0.05) is 31.2 Å². The number of benzene rings is 2. The molecule has 0 saturated carbocycles. The molecule has 2 aromatic carbocycles. The van der Waals surface area contributed by atoms with Crippen molar-refractivity contribution < 1.29 is 4.74 Å². The Hall–Kier alpha value is -2.01. The number of aryl methyl sites for hydroxylation is 1. The molecule has 17 heavy (non-hydrogen) atoms. The quantitative estimate of drug-likeness (QED) is 0.801. The summed E-state index contributed by atoms with van der Waals surface area (Å²) in [4.78, 5) is 0. The van der Waals surface area contributed by atoms with E-state index in [4.69, 9.17) is 10.00 Å². The maximum atomic E-state index is 8.89. The van der Waals surface area contributed by atoms with Crippen LogP contribution in [0.1, 0.15) is 18.1 Å². The summed E-state index contributed by atoms with van der Waals surface area (Å²) < 4.78 is 5.31. The van der Waals surface area contributed by atoms with Crippen LogP contribution in [0.3, 0.4) is 0 Å². The first kappa shape index (κ1) is 11.5. The zero-order valence-corrected chi connectivity index (χ0v) is 10.2. The van der Waals surface area contributed by atoms with Gasteiger partial charge in [-0.25, -0.2) is 0 Å². The van der Waals surface area contributed by atoms with Crippen LogP contribution < -0.4 is 4.74 Å². The fourth-order valence-electron chi connectivity index (χ4n) is 2.10. The zero-order valence-electron chi connectivity index (χ0n) is 10.2. The van der Waals surface area contributed by atoms with Crippen LogP contribution in [0.25, 0.3) is 10.8 Å². The normalized spacial score (nSPS) is 10.2. The van der Waals surface area contributed by atoms with E-state index < -0.39 is 0 Å². The Morgan fingerprint density at radius 1 is 1.24 bits per heavy atom. The van der Waals surface area contributed by atoms with Gasteiger partial charge in [0.05, 0.1) is 19.6 Å². The molecular weight excluding hydrogens is 210 g/mol. The minimum absolute atomic E-state index is 0.381. The minimum Gasteiger partial charge on any atom is -0.496 e. The summed E-state index contributed by atoms with van der Waals surface area (Å²) in [7, 11) is 1.64. The molecule has 86 valence electrons. The molecule has 0 fully saturated rings. The number of nitrogens with zero attached hydrogens (tertiary/aromatic N) is 1. The Morgan fingerprint density at radius 2 is 2.06 bits per heavy atom. The Balaban J connectivity index is 2.68. The lowest BCUT2D eigenvalue weighted by molar-refractivity contribution is 0.411. The Kier molecular flexibility index (Phi) is 3.30. The predicted molar refractivity (Wildman–Crippen MR) is 69.2 cm³/mol. The van der Waals surface area contributed by atoms with Gasteiger partial charge >= 0.3 is 0 Å². The van der Waals surface area contributed by atoms with Crippen LogP contribution in [-0.4, -0.2) is 7.11 Å². The van der Waals surface area contributed by atoms with Gasteiger partial charge in [-0.3, -0.25) is 0 Å². The molecule has 0 N–H and O–H groups in total. The first-order chi connectivity index (χ1) is 8.30. The molecule has 2 aromatic rings. The molecule has 0 saturated heterocycles.